The van der Waals surface area contributed by atoms with Crippen molar-refractivity contribution in [2.24, 2.45) is 0 Å². The minimum Gasteiger partial charge on any atom is -0.449 e. The fourth-order valence-corrected chi connectivity index (χ4v) is 7.41. The van der Waals surface area contributed by atoms with Crippen molar-refractivity contribution in [1.82, 2.24) is 10.2 Å². The SMILES string of the molecule is CCCCCCCCCCCCCCCCCCOC(=O)N(CCCCCCCCCCCC)[C@@H]1O[C@H](CO)[C@@H](O)[C@H](O)[C@H]1NC(=O)OCc1ccccc1. The highest BCUT2D eigenvalue weighted by Gasteiger charge is 2.48. The quantitative estimate of drug-likeness (QED) is 0.0518. The molecule has 1 aromatic carbocycles. The van der Waals surface area contributed by atoms with Gasteiger partial charge in [-0.25, -0.2) is 9.59 Å². The van der Waals surface area contributed by atoms with Gasteiger partial charge in [0.15, 0.2) is 6.23 Å². The van der Waals surface area contributed by atoms with Crippen molar-refractivity contribution in [3.8, 4) is 0 Å². The van der Waals surface area contributed by atoms with E-state index in [2.05, 4.69) is 19.2 Å². The molecule has 0 unspecified atom stereocenters. The second-order valence-corrected chi connectivity index (χ2v) is 15.8. The molecule has 55 heavy (non-hydrogen) atoms. The summed E-state index contributed by atoms with van der Waals surface area (Å²) in [5, 5.41) is 34.5. The Kier molecular flexibility index (Phi) is 28.9. The number of hydrogen-bond acceptors (Lipinski definition) is 8. The van der Waals surface area contributed by atoms with Crippen LogP contribution < -0.4 is 5.32 Å². The topological polar surface area (TPSA) is 138 Å². The summed E-state index contributed by atoms with van der Waals surface area (Å²) in [5.41, 5.74) is 0.787. The number of alkyl carbamates (subject to hydrolysis) is 1. The highest BCUT2D eigenvalue weighted by atomic mass is 16.6. The van der Waals surface area contributed by atoms with Crippen LogP contribution in [0.5, 0.6) is 0 Å². The Balaban J connectivity index is 1.86. The van der Waals surface area contributed by atoms with Gasteiger partial charge in [-0.3, -0.25) is 4.90 Å². The molecule has 1 aliphatic heterocycles. The maximum Gasteiger partial charge on any atom is 0.411 e. The number of hydrogen-bond donors (Lipinski definition) is 4. The van der Waals surface area contributed by atoms with E-state index in [0.717, 1.165) is 44.1 Å². The lowest BCUT2D eigenvalue weighted by molar-refractivity contribution is -0.225. The van der Waals surface area contributed by atoms with Crippen LogP contribution >= 0.6 is 0 Å². The van der Waals surface area contributed by atoms with Crippen molar-refractivity contribution in [3.63, 3.8) is 0 Å². The summed E-state index contributed by atoms with van der Waals surface area (Å²) in [5.74, 6) is 0. The number of unbranched alkanes of at least 4 members (excludes halogenated alkanes) is 24. The standard InChI is InChI=1S/C45H80N2O8/c1-3-5-7-9-11-13-15-16-17-18-19-20-22-24-26-31-35-53-45(52)47(34-30-25-23-21-14-12-10-8-6-4-2)43-40(42(50)41(49)39(36-48)55-43)46-44(51)54-37-38-32-28-27-29-33-38/h27-29,32-33,39-43,48-50H,3-26,30-31,34-37H2,1-2H3,(H,46,51)/t39-,40-,41-,42-,43-/m1/s1. The average Bonchev–Trinajstić information content (AvgIpc) is 3.20. The fraction of sp³-hybridized carbons (Fsp3) is 0.822. The summed E-state index contributed by atoms with van der Waals surface area (Å²) in [4.78, 5) is 28.0. The summed E-state index contributed by atoms with van der Waals surface area (Å²) in [6.45, 7) is 4.46. The van der Waals surface area contributed by atoms with E-state index in [0.29, 0.717) is 6.42 Å². The van der Waals surface area contributed by atoms with Gasteiger partial charge in [-0.05, 0) is 18.4 Å². The Morgan fingerprint density at radius 3 is 1.56 bits per heavy atom. The average molecular weight is 777 g/mol. The van der Waals surface area contributed by atoms with E-state index in [1.165, 1.54) is 127 Å². The molecule has 0 radical (unpaired) electrons. The lowest BCUT2D eigenvalue weighted by atomic mass is 9.95. The molecule has 1 fully saturated rings. The number of aliphatic hydroxyl groups excluding tert-OH is 3. The first-order chi connectivity index (χ1) is 26.9. The predicted octanol–water partition coefficient (Wildman–Crippen LogP) is 10.3. The molecule has 1 aromatic rings. The van der Waals surface area contributed by atoms with Crippen LogP contribution in [0, 0.1) is 0 Å². The minimum atomic E-state index is -1.52. The third-order valence-corrected chi connectivity index (χ3v) is 10.9. The summed E-state index contributed by atoms with van der Waals surface area (Å²) < 4.78 is 17.2. The number of nitrogens with zero attached hydrogens (tertiary/aromatic N) is 1. The molecule has 1 saturated heterocycles. The normalized spacial score (nSPS) is 19.6. The number of amides is 2. The van der Waals surface area contributed by atoms with Crippen LogP contribution in [0.4, 0.5) is 9.59 Å². The Labute approximate surface area is 334 Å². The molecule has 0 spiro atoms. The van der Waals surface area contributed by atoms with E-state index in [1.807, 2.05) is 30.3 Å². The van der Waals surface area contributed by atoms with Gasteiger partial charge in [-0.2, -0.15) is 0 Å². The second-order valence-electron chi connectivity index (χ2n) is 15.8. The van der Waals surface area contributed by atoms with Crippen molar-refractivity contribution in [2.45, 2.75) is 218 Å². The maximum atomic E-state index is 13.7. The number of carbonyl (C=O) groups is 2. The van der Waals surface area contributed by atoms with Gasteiger partial charge in [-0.15, -0.1) is 0 Å². The Hall–Kier alpha value is -2.40. The molecular weight excluding hydrogens is 697 g/mol. The van der Waals surface area contributed by atoms with Crippen molar-refractivity contribution in [3.05, 3.63) is 35.9 Å². The molecule has 0 aliphatic carbocycles. The van der Waals surface area contributed by atoms with E-state index < -0.39 is 49.4 Å². The van der Waals surface area contributed by atoms with Crippen LogP contribution in [0.25, 0.3) is 0 Å². The number of nitrogens with one attached hydrogen (secondary N) is 1. The van der Waals surface area contributed by atoms with Crippen molar-refractivity contribution < 1.29 is 39.1 Å². The molecule has 2 amide bonds. The highest BCUT2D eigenvalue weighted by molar-refractivity contribution is 5.69. The van der Waals surface area contributed by atoms with Gasteiger partial charge in [0.2, 0.25) is 0 Å². The van der Waals surface area contributed by atoms with Crippen LogP contribution in [0.3, 0.4) is 0 Å². The lowest BCUT2D eigenvalue weighted by Crippen LogP contribution is -2.69. The molecule has 0 aromatic heterocycles. The molecule has 1 heterocycles. The number of aliphatic hydroxyl groups is 3. The second kappa shape index (κ2) is 32.7. The van der Waals surface area contributed by atoms with Crippen LogP contribution in [-0.2, 0) is 20.8 Å². The van der Waals surface area contributed by atoms with Gasteiger partial charge in [0.05, 0.1) is 13.2 Å². The summed E-state index contributed by atoms with van der Waals surface area (Å²) in [6, 6.07) is 7.99. The first-order valence-electron chi connectivity index (χ1n) is 22.5. The maximum absolute atomic E-state index is 13.7. The Morgan fingerprint density at radius 2 is 1.09 bits per heavy atom. The zero-order valence-electron chi connectivity index (χ0n) is 34.8. The van der Waals surface area contributed by atoms with E-state index in [-0.39, 0.29) is 19.8 Å². The largest absolute Gasteiger partial charge is 0.449 e. The van der Waals surface area contributed by atoms with Gasteiger partial charge < -0.3 is 34.8 Å². The van der Waals surface area contributed by atoms with Crippen molar-refractivity contribution >= 4 is 12.2 Å². The van der Waals surface area contributed by atoms with Gasteiger partial charge in [0.1, 0.15) is 31.0 Å². The van der Waals surface area contributed by atoms with Gasteiger partial charge in [-0.1, -0.05) is 198 Å². The number of ether oxygens (including phenoxy) is 3. The molecule has 0 saturated carbocycles. The molecular formula is C45H80N2O8. The summed E-state index contributed by atoms with van der Waals surface area (Å²) >= 11 is 0. The number of benzene rings is 1. The smallest absolute Gasteiger partial charge is 0.411 e. The molecule has 4 N–H and O–H groups in total. The summed E-state index contributed by atoms with van der Waals surface area (Å²) in [7, 11) is 0. The van der Waals surface area contributed by atoms with Gasteiger partial charge in [0, 0.05) is 6.54 Å². The van der Waals surface area contributed by atoms with Crippen molar-refractivity contribution in [1.29, 1.82) is 0 Å². The Morgan fingerprint density at radius 1 is 0.636 bits per heavy atom. The van der Waals surface area contributed by atoms with Crippen LogP contribution in [0.15, 0.2) is 30.3 Å². The Bertz CT molecular complexity index is 1060. The van der Waals surface area contributed by atoms with Crippen LogP contribution in [0.2, 0.25) is 0 Å². The molecule has 10 heteroatoms. The molecule has 0 bridgehead atoms. The molecule has 10 nitrogen and oxygen atoms in total. The van der Waals surface area contributed by atoms with Crippen LogP contribution in [-0.4, -0.2) is 82.7 Å². The monoisotopic (exact) mass is 777 g/mol. The van der Waals surface area contributed by atoms with E-state index in [1.54, 1.807) is 0 Å². The van der Waals surface area contributed by atoms with Crippen LogP contribution in [0.1, 0.15) is 186 Å². The number of rotatable bonds is 33. The predicted molar refractivity (Wildman–Crippen MR) is 221 cm³/mol. The third kappa shape index (κ3) is 22.2. The van der Waals surface area contributed by atoms with E-state index in [4.69, 9.17) is 14.2 Å². The first-order valence-corrected chi connectivity index (χ1v) is 22.5. The van der Waals surface area contributed by atoms with E-state index >= 15 is 0 Å². The third-order valence-electron chi connectivity index (χ3n) is 10.9. The fourth-order valence-electron chi connectivity index (χ4n) is 7.41. The van der Waals surface area contributed by atoms with Crippen molar-refractivity contribution in [2.75, 3.05) is 19.8 Å². The van der Waals surface area contributed by atoms with Gasteiger partial charge in [0.25, 0.3) is 0 Å². The minimum absolute atomic E-state index is 0.00645. The molecule has 1 aliphatic rings. The summed E-state index contributed by atoms with van der Waals surface area (Å²) in [6.07, 6.45) is 24.7. The lowest BCUT2D eigenvalue weighted by Gasteiger charge is -2.46. The number of carbonyl (C=O) groups excluding carboxylic acids is 2. The van der Waals surface area contributed by atoms with Gasteiger partial charge >= 0.3 is 12.2 Å². The highest BCUT2D eigenvalue weighted by Crippen LogP contribution is 2.26. The molecule has 2 rings (SSSR count). The molecule has 318 valence electrons. The zero-order valence-corrected chi connectivity index (χ0v) is 34.8. The van der Waals surface area contributed by atoms with E-state index in [9.17, 15) is 24.9 Å². The molecule has 5 atom stereocenters. The first kappa shape index (κ1) is 48.7. The zero-order chi connectivity index (χ0) is 39.8.